The highest BCUT2D eigenvalue weighted by molar-refractivity contribution is 7.25. The molecule has 0 amide bonds. The van der Waals surface area contributed by atoms with Crippen LogP contribution in [0.4, 0.5) is 0 Å². The fraction of sp³-hybridized carbons (Fsp3) is 0.0545. The quantitative estimate of drug-likeness (QED) is 0.167. The molecule has 9 aromatic carbocycles. The fourth-order valence-electron chi connectivity index (χ4n) is 9.45. The summed E-state index contributed by atoms with van der Waals surface area (Å²) < 4.78 is 2.68. The summed E-state index contributed by atoms with van der Waals surface area (Å²) >= 11 is 1.87. The number of thiophene rings is 1. The molecule has 2 aromatic heterocycles. The molecule has 2 nitrogen and oxygen atoms in total. The number of hydrogen-bond acceptors (Lipinski definition) is 3. The second-order valence-corrected chi connectivity index (χ2v) is 17.2. The van der Waals surface area contributed by atoms with E-state index in [0.717, 1.165) is 33.1 Å². The molecule has 0 fully saturated rings. The van der Waals surface area contributed by atoms with Crippen molar-refractivity contribution in [2.45, 2.75) is 19.3 Å². The molecule has 0 spiro atoms. The zero-order chi connectivity index (χ0) is 38.5. The van der Waals surface area contributed by atoms with Gasteiger partial charge in [-0.05, 0) is 96.7 Å². The van der Waals surface area contributed by atoms with Gasteiger partial charge in [0.25, 0.3) is 0 Å². The van der Waals surface area contributed by atoms with Crippen LogP contribution in [0.2, 0.25) is 0 Å². The Labute approximate surface area is 340 Å². The molecule has 11 aromatic rings. The molecular weight excluding hydrogens is 721 g/mol. The molecular formula is C55H36N2S. The molecule has 0 radical (unpaired) electrons. The SMILES string of the molecule is CC1(C)c2cc(-c3ccc(-c4ccc(-c5cnc6c7ccccc7c7ccccc7c6n5)cc4)cc3)ccc2-c2ccc(-c3ccc4sc5ccccc5c4c3)cc21. The lowest BCUT2D eigenvalue weighted by Gasteiger charge is -2.22. The van der Waals surface area contributed by atoms with E-state index in [4.69, 9.17) is 9.97 Å². The summed E-state index contributed by atoms with van der Waals surface area (Å²) in [6.45, 7) is 4.75. The summed E-state index contributed by atoms with van der Waals surface area (Å²) in [7, 11) is 0. The van der Waals surface area contributed by atoms with E-state index in [1.165, 1.54) is 86.6 Å². The maximum absolute atomic E-state index is 5.19. The third-order valence-electron chi connectivity index (χ3n) is 12.5. The van der Waals surface area contributed by atoms with E-state index < -0.39 is 0 Å². The van der Waals surface area contributed by atoms with Gasteiger partial charge in [0.15, 0.2) is 0 Å². The Bertz CT molecular complexity index is 3430. The van der Waals surface area contributed by atoms with Crippen molar-refractivity contribution in [3.8, 4) is 55.8 Å². The minimum Gasteiger partial charge on any atom is -0.252 e. The van der Waals surface area contributed by atoms with Gasteiger partial charge in [-0.2, -0.15) is 0 Å². The molecule has 12 rings (SSSR count). The minimum absolute atomic E-state index is 0.117. The average molecular weight is 757 g/mol. The van der Waals surface area contributed by atoms with Crippen molar-refractivity contribution < 1.29 is 0 Å². The molecule has 0 N–H and O–H groups in total. The van der Waals surface area contributed by atoms with Crippen molar-refractivity contribution in [3.05, 3.63) is 193 Å². The average Bonchev–Trinajstić information content (AvgIpc) is 3.77. The van der Waals surface area contributed by atoms with Gasteiger partial charge in [-0.1, -0.05) is 159 Å². The first-order chi connectivity index (χ1) is 28.5. The van der Waals surface area contributed by atoms with E-state index in [1.54, 1.807) is 0 Å². The first-order valence-electron chi connectivity index (χ1n) is 20.0. The van der Waals surface area contributed by atoms with E-state index >= 15 is 0 Å². The molecule has 0 saturated carbocycles. The first kappa shape index (κ1) is 33.2. The van der Waals surface area contributed by atoms with Crippen molar-refractivity contribution in [1.82, 2.24) is 9.97 Å². The van der Waals surface area contributed by atoms with Crippen molar-refractivity contribution in [2.75, 3.05) is 0 Å². The number of nitrogens with zero attached hydrogens (tertiary/aromatic N) is 2. The van der Waals surface area contributed by atoms with Crippen LogP contribution in [0.15, 0.2) is 182 Å². The van der Waals surface area contributed by atoms with E-state index in [0.29, 0.717) is 0 Å². The first-order valence-corrected chi connectivity index (χ1v) is 20.8. The van der Waals surface area contributed by atoms with Gasteiger partial charge in [0.05, 0.1) is 22.9 Å². The van der Waals surface area contributed by atoms with Gasteiger partial charge < -0.3 is 0 Å². The van der Waals surface area contributed by atoms with E-state index in [2.05, 4.69) is 190 Å². The minimum atomic E-state index is -0.117. The third-order valence-corrected chi connectivity index (χ3v) is 13.7. The molecule has 1 aliphatic carbocycles. The van der Waals surface area contributed by atoms with Crippen LogP contribution >= 0.6 is 11.3 Å². The number of hydrogen-bond donors (Lipinski definition) is 0. The van der Waals surface area contributed by atoms with Crippen molar-refractivity contribution in [3.63, 3.8) is 0 Å². The maximum Gasteiger partial charge on any atom is 0.0979 e. The predicted octanol–water partition coefficient (Wildman–Crippen LogP) is 15.3. The second-order valence-electron chi connectivity index (χ2n) is 16.2. The van der Waals surface area contributed by atoms with Gasteiger partial charge in [0.1, 0.15) is 0 Å². The van der Waals surface area contributed by atoms with Crippen molar-refractivity contribution >= 4 is 64.1 Å². The summed E-state index contributed by atoms with van der Waals surface area (Å²) in [5.74, 6) is 0. The molecule has 0 bridgehead atoms. The van der Waals surface area contributed by atoms with Gasteiger partial charge in [-0.25, -0.2) is 4.98 Å². The fourth-order valence-corrected chi connectivity index (χ4v) is 10.5. The van der Waals surface area contributed by atoms with Crippen LogP contribution in [0, 0.1) is 0 Å². The van der Waals surface area contributed by atoms with Crippen molar-refractivity contribution in [1.29, 1.82) is 0 Å². The normalized spacial score (nSPS) is 13.1. The van der Waals surface area contributed by atoms with Crippen LogP contribution in [-0.2, 0) is 5.41 Å². The number of rotatable bonds is 4. The van der Waals surface area contributed by atoms with E-state index in [-0.39, 0.29) is 5.41 Å². The zero-order valence-electron chi connectivity index (χ0n) is 32.1. The third kappa shape index (κ3) is 5.03. The molecule has 0 unspecified atom stereocenters. The van der Waals surface area contributed by atoms with Gasteiger partial charge in [0, 0.05) is 41.9 Å². The molecule has 1 aliphatic rings. The number of benzene rings is 9. The monoisotopic (exact) mass is 756 g/mol. The zero-order valence-corrected chi connectivity index (χ0v) is 32.9. The number of fused-ring (bicyclic) bond motifs is 12. The van der Waals surface area contributed by atoms with Gasteiger partial charge in [-0.15, -0.1) is 11.3 Å². The lowest BCUT2D eigenvalue weighted by Crippen LogP contribution is -2.15. The number of aromatic nitrogens is 2. The maximum atomic E-state index is 5.19. The molecule has 2 heterocycles. The molecule has 0 atom stereocenters. The molecule has 0 aliphatic heterocycles. The van der Waals surface area contributed by atoms with Gasteiger partial charge in [0.2, 0.25) is 0 Å². The lowest BCUT2D eigenvalue weighted by molar-refractivity contribution is 0.661. The molecule has 272 valence electrons. The molecule has 0 saturated heterocycles. The largest absolute Gasteiger partial charge is 0.252 e. The van der Waals surface area contributed by atoms with Crippen LogP contribution in [-0.4, -0.2) is 9.97 Å². The van der Waals surface area contributed by atoms with Crippen molar-refractivity contribution in [2.24, 2.45) is 0 Å². The molecule has 58 heavy (non-hydrogen) atoms. The van der Waals surface area contributed by atoms with E-state index in [1.807, 2.05) is 17.5 Å². The second kappa shape index (κ2) is 12.5. The van der Waals surface area contributed by atoms with Crippen LogP contribution in [0.3, 0.4) is 0 Å². The highest BCUT2D eigenvalue weighted by Gasteiger charge is 2.36. The smallest absolute Gasteiger partial charge is 0.0979 e. The summed E-state index contributed by atoms with van der Waals surface area (Å²) in [6.07, 6.45) is 1.91. The highest BCUT2D eigenvalue weighted by atomic mass is 32.1. The summed E-state index contributed by atoms with van der Waals surface area (Å²) in [5.41, 5.74) is 16.5. The Morgan fingerprint density at radius 2 is 0.828 bits per heavy atom. The Balaban J connectivity index is 0.824. The Hall–Kier alpha value is -6.94. The summed E-state index contributed by atoms with van der Waals surface area (Å²) in [5, 5.41) is 7.36. The standard InChI is InChI=1S/C55H36N2S/c1-55(2)48-30-38(23-26-42(48)43-27-24-39(31-49(43)55)37-25-28-52-47(29-37)44-11-7-8-14-51(44)58-52)35-17-15-33(16-18-35)34-19-21-36(22-20-34)50-32-56-53-45-12-5-3-9-40(45)41-10-4-6-13-46(41)54(53)57-50/h3-32H,1-2H3. The highest BCUT2D eigenvalue weighted by Crippen LogP contribution is 2.51. The summed E-state index contributed by atoms with van der Waals surface area (Å²) in [6, 6.07) is 64.5. The van der Waals surface area contributed by atoms with Crippen LogP contribution < -0.4 is 0 Å². The van der Waals surface area contributed by atoms with Crippen LogP contribution in [0.25, 0.3) is 109 Å². The summed E-state index contributed by atoms with van der Waals surface area (Å²) in [4.78, 5) is 10.2. The Kier molecular flexibility index (Phi) is 7.18. The van der Waals surface area contributed by atoms with Crippen LogP contribution in [0.5, 0.6) is 0 Å². The Morgan fingerprint density at radius 3 is 1.47 bits per heavy atom. The lowest BCUT2D eigenvalue weighted by atomic mass is 9.80. The van der Waals surface area contributed by atoms with Gasteiger partial charge in [-0.3, -0.25) is 4.98 Å². The topological polar surface area (TPSA) is 25.8 Å². The predicted molar refractivity (Wildman–Crippen MR) is 247 cm³/mol. The Morgan fingerprint density at radius 1 is 0.379 bits per heavy atom. The molecule has 3 heteroatoms. The van der Waals surface area contributed by atoms with Crippen LogP contribution in [0.1, 0.15) is 25.0 Å². The van der Waals surface area contributed by atoms with E-state index in [9.17, 15) is 0 Å². The van der Waals surface area contributed by atoms with Gasteiger partial charge >= 0.3 is 0 Å².